The van der Waals surface area contributed by atoms with E-state index in [1.807, 2.05) is 21.1 Å². The summed E-state index contributed by atoms with van der Waals surface area (Å²) in [6.45, 7) is 4.85. The number of esters is 2. The minimum Gasteiger partial charge on any atom is -0.477 e. The highest BCUT2D eigenvalue weighted by atomic mass is 16.7. The molecule has 0 aromatic rings. The quantitative estimate of drug-likeness (QED) is 0.0211. The zero-order valence-electron chi connectivity index (χ0n) is 72.1. The Morgan fingerprint density at radius 1 is 0.290 bits per heavy atom. The minimum atomic E-state index is -1.51. The van der Waals surface area contributed by atoms with Crippen molar-refractivity contribution in [2.24, 2.45) is 0 Å². The highest BCUT2D eigenvalue weighted by Crippen LogP contribution is 2.21. The lowest BCUT2D eigenvalue weighted by molar-refractivity contribution is -0.870. The van der Waals surface area contributed by atoms with Crippen LogP contribution in [0.5, 0.6) is 0 Å². The average molecular weight is 1500 g/mol. The number of aliphatic carboxylic acids is 1. The molecule has 9 nitrogen and oxygen atoms in total. The molecular weight excluding hydrogens is 1320 g/mol. The van der Waals surface area contributed by atoms with E-state index >= 15 is 0 Å². The largest absolute Gasteiger partial charge is 0.477 e. The van der Waals surface area contributed by atoms with Crippen molar-refractivity contribution >= 4 is 17.9 Å². The first kappa shape index (κ1) is 104. The molecule has 0 amide bonds. The van der Waals surface area contributed by atoms with Crippen LogP contribution in [0.25, 0.3) is 0 Å². The van der Waals surface area contributed by atoms with Crippen molar-refractivity contribution in [3.8, 4) is 0 Å². The van der Waals surface area contributed by atoms with Gasteiger partial charge in [0.15, 0.2) is 6.10 Å². The van der Waals surface area contributed by atoms with Crippen molar-refractivity contribution < 1.29 is 42.9 Å². The van der Waals surface area contributed by atoms with Gasteiger partial charge in [-0.15, -0.1) is 0 Å². The van der Waals surface area contributed by atoms with Gasteiger partial charge >= 0.3 is 17.9 Å². The summed E-state index contributed by atoms with van der Waals surface area (Å²) in [5.74, 6) is -1.97. The maximum absolute atomic E-state index is 13.0. The van der Waals surface area contributed by atoms with E-state index in [0.29, 0.717) is 17.4 Å². The third kappa shape index (κ3) is 89.8. The zero-order chi connectivity index (χ0) is 77.4. The standard InChI is InChI=1S/C98H181NO8/c1-6-8-10-12-14-16-18-20-22-24-26-28-30-32-34-36-38-40-42-44-46-48-50-52-54-56-58-60-62-64-66-68-70-72-74-76-78-80-82-84-86-88-95(100)105-92-94(93-106-98(97(102)103)104-91-90-99(3,4)5)107-96(101)89-87-85-83-81-79-77-75-73-71-69-67-65-63-61-59-57-55-53-51-49-47-45-43-41-39-37-35-33-31-29-27-25-23-21-19-17-15-13-11-9-7-2/h9,11,15,17,21,23,27,29,33,35,39,41,94,98H,6-8,10,12-14,16,18-20,22,24-26,28,30-32,34,36-38,40,42-93H2,1-5H3/p+1/b11-9-,17-15-,23-21-,29-27-,35-33-,41-39-. The summed E-state index contributed by atoms with van der Waals surface area (Å²) < 4.78 is 23.1. The minimum absolute atomic E-state index is 0.176. The van der Waals surface area contributed by atoms with Crippen molar-refractivity contribution in [2.75, 3.05) is 47.5 Å². The fourth-order valence-electron chi connectivity index (χ4n) is 14.4. The normalized spacial score (nSPS) is 12.9. The maximum Gasteiger partial charge on any atom is 0.361 e. The van der Waals surface area contributed by atoms with Gasteiger partial charge in [-0.05, 0) is 64.2 Å². The van der Waals surface area contributed by atoms with E-state index in [4.69, 9.17) is 18.9 Å². The Morgan fingerprint density at radius 3 is 0.794 bits per heavy atom. The predicted octanol–water partition coefficient (Wildman–Crippen LogP) is 31.1. The molecule has 0 bridgehead atoms. The monoisotopic (exact) mass is 1500 g/mol. The molecule has 0 aromatic carbocycles. The highest BCUT2D eigenvalue weighted by Gasteiger charge is 2.25. The van der Waals surface area contributed by atoms with Gasteiger partial charge in [-0.3, -0.25) is 9.59 Å². The first-order valence-electron chi connectivity index (χ1n) is 47.1. The molecule has 0 spiro atoms. The van der Waals surface area contributed by atoms with E-state index in [-0.39, 0.29) is 38.2 Å². The number of carbonyl (C=O) groups excluding carboxylic acids is 2. The zero-order valence-corrected chi connectivity index (χ0v) is 72.1. The van der Waals surface area contributed by atoms with E-state index in [2.05, 4.69) is 86.8 Å². The Hall–Kier alpha value is -3.27. The molecule has 0 aliphatic heterocycles. The van der Waals surface area contributed by atoms with Gasteiger partial charge in [-0.1, -0.05) is 472 Å². The summed E-state index contributed by atoms with van der Waals surface area (Å²) >= 11 is 0. The smallest absolute Gasteiger partial charge is 0.361 e. The van der Waals surface area contributed by atoms with Crippen molar-refractivity contribution in [3.63, 3.8) is 0 Å². The number of allylic oxidation sites excluding steroid dienone is 12. The fraction of sp³-hybridized carbons (Fsp3) is 0.847. The number of carboxylic acids is 1. The van der Waals surface area contributed by atoms with Crippen molar-refractivity contribution in [1.82, 2.24) is 0 Å². The fourth-order valence-corrected chi connectivity index (χ4v) is 14.4. The molecule has 0 aliphatic rings. The lowest BCUT2D eigenvalue weighted by Crippen LogP contribution is -2.40. The van der Waals surface area contributed by atoms with E-state index in [1.54, 1.807) is 0 Å². The number of unbranched alkanes of at least 4 members (excludes halogenated alkanes) is 62. The van der Waals surface area contributed by atoms with E-state index in [1.165, 1.54) is 372 Å². The van der Waals surface area contributed by atoms with Crippen molar-refractivity contribution in [2.45, 2.75) is 489 Å². The molecule has 0 saturated heterocycles. The predicted molar refractivity (Wildman–Crippen MR) is 466 cm³/mol. The SMILES string of the molecule is CC/C=C\C/C=C\C/C=C\C/C=C\C/C=C\C/C=C\CCCCCCCCCCCCCCCCCCCCCCCCC(=O)OC(COC(=O)CCCCCCCCCCCCCCCCCCCCCCCCCCCCCCCCCCCCCCCCCCC)COC(OCC[N+](C)(C)C)C(=O)O. The third-order valence-electron chi connectivity index (χ3n) is 21.5. The van der Waals surface area contributed by atoms with Gasteiger partial charge in [0.2, 0.25) is 0 Å². The number of hydrogen-bond acceptors (Lipinski definition) is 7. The van der Waals surface area contributed by atoms with Crippen LogP contribution in [0.3, 0.4) is 0 Å². The van der Waals surface area contributed by atoms with Gasteiger partial charge in [0.1, 0.15) is 13.2 Å². The Bertz CT molecular complexity index is 2000. The lowest BCUT2D eigenvalue weighted by Gasteiger charge is -2.25. The first-order chi connectivity index (χ1) is 52.6. The van der Waals surface area contributed by atoms with Crippen LogP contribution in [-0.2, 0) is 33.3 Å². The molecule has 9 heteroatoms. The number of nitrogens with zero attached hydrogens (tertiary/aromatic N) is 1. The van der Waals surface area contributed by atoms with Crippen LogP contribution in [0.15, 0.2) is 72.9 Å². The molecule has 0 heterocycles. The number of likely N-dealkylation sites (N-methyl/N-ethyl adjacent to an activating group) is 1. The summed E-state index contributed by atoms with van der Waals surface area (Å²) in [6.07, 6.45) is 118. The molecule has 0 aliphatic carbocycles. The molecule has 0 radical (unpaired) electrons. The number of ether oxygens (including phenoxy) is 4. The van der Waals surface area contributed by atoms with Crippen molar-refractivity contribution in [1.29, 1.82) is 0 Å². The Balaban J connectivity index is 3.88. The number of rotatable bonds is 89. The van der Waals surface area contributed by atoms with Gasteiger partial charge < -0.3 is 28.5 Å². The Morgan fingerprint density at radius 2 is 0.533 bits per heavy atom. The van der Waals surface area contributed by atoms with Gasteiger partial charge in [-0.2, -0.15) is 0 Å². The topological polar surface area (TPSA) is 108 Å². The van der Waals surface area contributed by atoms with Crippen LogP contribution in [0.4, 0.5) is 0 Å². The summed E-state index contributed by atoms with van der Waals surface area (Å²) in [4.78, 5) is 37.9. The van der Waals surface area contributed by atoms with Crippen LogP contribution in [-0.4, -0.2) is 87.4 Å². The average Bonchev–Trinajstić information content (AvgIpc) is 0.965. The van der Waals surface area contributed by atoms with Gasteiger partial charge in [0.25, 0.3) is 6.29 Å². The maximum atomic E-state index is 13.0. The number of carboxylic acid groups (broad SMARTS) is 1. The highest BCUT2D eigenvalue weighted by molar-refractivity contribution is 5.71. The second kappa shape index (κ2) is 88.3. The van der Waals surface area contributed by atoms with Crippen LogP contribution in [0.1, 0.15) is 476 Å². The molecule has 2 atom stereocenters. The number of hydrogen-bond donors (Lipinski definition) is 1. The van der Waals surface area contributed by atoms with Crippen LogP contribution in [0.2, 0.25) is 0 Å². The summed E-state index contributed by atoms with van der Waals surface area (Å²) in [6, 6.07) is 0. The molecule has 1 N–H and O–H groups in total. The lowest BCUT2D eigenvalue weighted by atomic mass is 10.0. The summed E-state index contributed by atoms with van der Waals surface area (Å²) in [5, 5.41) is 9.80. The first-order valence-corrected chi connectivity index (χ1v) is 47.1. The van der Waals surface area contributed by atoms with Crippen LogP contribution < -0.4 is 0 Å². The molecule has 626 valence electrons. The number of quaternary nitrogens is 1. The molecule has 0 aromatic heterocycles. The number of carbonyl (C=O) groups is 3. The summed E-state index contributed by atoms with van der Waals surface area (Å²) in [5.41, 5.74) is 0. The van der Waals surface area contributed by atoms with Gasteiger partial charge in [0.05, 0.1) is 34.4 Å². The molecule has 0 fully saturated rings. The van der Waals surface area contributed by atoms with Gasteiger partial charge in [0, 0.05) is 12.8 Å². The van der Waals surface area contributed by atoms with E-state index in [0.717, 1.165) is 77.0 Å². The molecule has 107 heavy (non-hydrogen) atoms. The molecule has 0 saturated carbocycles. The molecular formula is C98H182NO8+. The van der Waals surface area contributed by atoms with Gasteiger partial charge in [-0.25, -0.2) is 4.79 Å². The van der Waals surface area contributed by atoms with Crippen LogP contribution in [0, 0.1) is 0 Å². The van der Waals surface area contributed by atoms with E-state index < -0.39 is 18.4 Å². The Labute approximate surface area is 666 Å². The van der Waals surface area contributed by atoms with E-state index in [9.17, 15) is 19.5 Å². The molecule has 0 rings (SSSR count). The second-order valence-corrected chi connectivity index (χ2v) is 33.3. The van der Waals surface area contributed by atoms with Crippen molar-refractivity contribution in [3.05, 3.63) is 72.9 Å². The second-order valence-electron chi connectivity index (χ2n) is 33.3. The third-order valence-corrected chi connectivity index (χ3v) is 21.5. The van der Waals surface area contributed by atoms with Crippen LogP contribution >= 0.6 is 0 Å². The Kier molecular flexibility index (Phi) is 85.6. The summed E-state index contributed by atoms with van der Waals surface area (Å²) in [7, 11) is 6.01. The molecule has 2 unspecified atom stereocenters.